The zero-order valence-corrected chi connectivity index (χ0v) is 23.3. The van der Waals surface area contributed by atoms with Gasteiger partial charge in [0.05, 0.1) is 30.6 Å². The molecule has 10 nitrogen and oxygen atoms in total. The first kappa shape index (κ1) is 30.0. The summed E-state index contributed by atoms with van der Waals surface area (Å²) in [4.78, 5) is 62.9. The Morgan fingerprint density at radius 3 is 2.10 bits per heavy atom. The van der Waals surface area contributed by atoms with Crippen LogP contribution in [0.15, 0.2) is 84.9 Å². The minimum absolute atomic E-state index is 0.0723. The molecule has 3 aromatic rings. The molecule has 0 radical (unpaired) electrons. The largest absolute Gasteiger partial charge is 0.462 e. The van der Waals surface area contributed by atoms with Gasteiger partial charge in [-0.3, -0.25) is 29.6 Å². The van der Waals surface area contributed by atoms with Gasteiger partial charge in [-0.25, -0.2) is 4.79 Å². The van der Waals surface area contributed by atoms with Crippen LogP contribution in [0.1, 0.15) is 53.6 Å². The molecule has 1 aliphatic heterocycles. The molecule has 0 aliphatic carbocycles. The second-order valence-electron chi connectivity index (χ2n) is 9.86. The molecule has 1 saturated heterocycles. The molecule has 0 spiro atoms. The predicted molar refractivity (Wildman–Crippen MR) is 154 cm³/mol. The van der Waals surface area contributed by atoms with Crippen LogP contribution in [0.5, 0.6) is 0 Å². The number of esters is 2. The topological polar surface area (TPSA) is 131 Å². The molecular weight excluding hydrogens is 538 g/mol. The molecule has 0 unspecified atom stereocenters. The molecule has 3 amide bonds. The summed E-state index contributed by atoms with van der Waals surface area (Å²) in [7, 11) is 0. The van der Waals surface area contributed by atoms with E-state index in [1.165, 1.54) is 12.1 Å². The average molecular weight is 572 g/mol. The van der Waals surface area contributed by atoms with Crippen LogP contribution in [0.4, 0.5) is 5.69 Å². The first-order valence-electron chi connectivity index (χ1n) is 13.8. The molecule has 0 saturated carbocycles. The van der Waals surface area contributed by atoms with Crippen molar-refractivity contribution >= 4 is 35.3 Å². The number of hydrazine groups is 1. The Balaban J connectivity index is 1.27. The molecule has 42 heavy (non-hydrogen) atoms. The van der Waals surface area contributed by atoms with E-state index in [4.69, 9.17) is 9.47 Å². The zero-order chi connectivity index (χ0) is 29.9. The lowest BCUT2D eigenvalue weighted by Gasteiger charge is -2.23. The third kappa shape index (κ3) is 8.03. The lowest BCUT2D eigenvalue weighted by molar-refractivity contribution is -0.151. The molecule has 3 aromatic carbocycles. The second kappa shape index (κ2) is 14.6. The second-order valence-corrected chi connectivity index (χ2v) is 9.86. The van der Waals surface area contributed by atoms with Crippen LogP contribution >= 0.6 is 0 Å². The molecule has 1 atom stereocenters. The van der Waals surface area contributed by atoms with E-state index >= 15 is 0 Å². The third-order valence-electron chi connectivity index (χ3n) is 6.71. The van der Waals surface area contributed by atoms with Crippen LogP contribution in [0, 0.1) is 5.92 Å². The van der Waals surface area contributed by atoms with Crippen LogP contribution in [0.2, 0.25) is 0 Å². The fourth-order valence-electron chi connectivity index (χ4n) is 4.49. The minimum atomic E-state index is -0.837. The highest BCUT2D eigenvalue weighted by molar-refractivity contribution is 5.95. The van der Waals surface area contributed by atoms with Gasteiger partial charge in [0.25, 0.3) is 11.8 Å². The van der Waals surface area contributed by atoms with E-state index in [0.29, 0.717) is 17.9 Å². The van der Waals surface area contributed by atoms with Gasteiger partial charge in [-0.2, -0.15) is 0 Å². The summed E-state index contributed by atoms with van der Waals surface area (Å²) in [5, 5.41) is 3.72. The summed E-state index contributed by atoms with van der Waals surface area (Å²) in [5.74, 6) is -4.07. The van der Waals surface area contributed by atoms with Crippen molar-refractivity contribution in [1.82, 2.24) is 10.4 Å². The van der Waals surface area contributed by atoms with Gasteiger partial charge in [0, 0.05) is 12.1 Å². The number of nitrogens with zero attached hydrogens (tertiary/aromatic N) is 1. The molecule has 1 heterocycles. The first-order chi connectivity index (χ1) is 20.4. The molecule has 4 rings (SSSR count). The van der Waals surface area contributed by atoms with Gasteiger partial charge in [0.2, 0.25) is 5.91 Å². The number of ether oxygens (including phenoxy) is 2. The first-order valence-corrected chi connectivity index (χ1v) is 13.8. The molecule has 10 heteroatoms. The van der Waals surface area contributed by atoms with E-state index in [1.807, 2.05) is 67.6 Å². The van der Waals surface area contributed by atoms with E-state index in [9.17, 15) is 24.0 Å². The summed E-state index contributed by atoms with van der Waals surface area (Å²) in [6, 6.07) is 24.6. The number of anilines is 1. The Kier molecular flexibility index (Phi) is 10.4. The van der Waals surface area contributed by atoms with Crippen molar-refractivity contribution < 1.29 is 33.4 Å². The van der Waals surface area contributed by atoms with Crippen molar-refractivity contribution in [3.05, 3.63) is 102 Å². The van der Waals surface area contributed by atoms with Crippen LogP contribution in [-0.4, -0.2) is 54.4 Å². The highest BCUT2D eigenvalue weighted by Crippen LogP contribution is 2.26. The van der Waals surface area contributed by atoms with Gasteiger partial charge in [0.1, 0.15) is 0 Å². The molecule has 1 aliphatic rings. The predicted octanol–water partition coefficient (Wildman–Crippen LogP) is 3.84. The number of hydrogen-bond donors (Lipinski definition) is 2. The quantitative estimate of drug-likeness (QED) is 0.250. The van der Waals surface area contributed by atoms with Crippen molar-refractivity contribution in [2.45, 2.75) is 32.1 Å². The Morgan fingerprint density at radius 1 is 0.881 bits per heavy atom. The smallest absolute Gasteiger partial charge is 0.338 e. The van der Waals surface area contributed by atoms with Crippen molar-refractivity contribution in [2.24, 2.45) is 5.92 Å². The Labute approximate surface area is 244 Å². The number of unbranched alkanes of at least 4 members (excludes halogenated alkanes) is 1. The van der Waals surface area contributed by atoms with E-state index in [2.05, 4.69) is 10.7 Å². The molecule has 2 N–H and O–H groups in total. The number of hydrogen-bond acceptors (Lipinski definition) is 7. The summed E-state index contributed by atoms with van der Waals surface area (Å²) >= 11 is 0. The minimum Gasteiger partial charge on any atom is -0.462 e. The van der Waals surface area contributed by atoms with E-state index in [1.54, 1.807) is 12.1 Å². The number of carbonyl (C=O) groups excluding carboxylic acids is 5. The van der Waals surface area contributed by atoms with Gasteiger partial charge in [-0.15, -0.1) is 0 Å². The van der Waals surface area contributed by atoms with Crippen molar-refractivity contribution in [3.8, 4) is 0 Å². The van der Waals surface area contributed by atoms with E-state index in [-0.39, 0.29) is 13.0 Å². The SMILES string of the molecule is CCCCOC(=O)c1ccc(NC(=O)COC(=O)[C@@H]2CC(=O)N(NC(=O)C(c3ccccc3)c3ccccc3)C2)cc1. The van der Waals surface area contributed by atoms with Crippen LogP contribution < -0.4 is 10.7 Å². The fraction of sp³-hybridized carbons (Fsp3) is 0.281. The average Bonchev–Trinajstić information content (AvgIpc) is 3.37. The Bertz CT molecular complexity index is 1360. The highest BCUT2D eigenvalue weighted by Gasteiger charge is 2.37. The zero-order valence-electron chi connectivity index (χ0n) is 23.3. The van der Waals surface area contributed by atoms with Gasteiger partial charge in [-0.1, -0.05) is 74.0 Å². The maximum absolute atomic E-state index is 13.3. The van der Waals surface area contributed by atoms with Crippen LogP contribution in [0.25, 0.3) is 0 Å². The number of nitrogens with one attached hydrogen (secondary N) is 2. The molecular formula is C32H33N3O7. The maximum Gasteiger partial charge on any atom is 0.338 e. The Hall–Kier alpha value is -4.99. The number of amides is 3. The highest BCUT2D eigenvalue weighted by atomic mass is 16.5. The van der Waals surface area contributed by atoms with Crippen molar-refractivity contribution in [3.63, 3.8) is 0 Å². The van der Waals surface area contributed by atoms with Gasteiger partial charge >= 0.3 is 11.9 Å². The van der Waals surface area contributed by atoms with Crippen LogP contribution in [0.3, 0.4) is 0 Å². The summed E-state index contributed by atoms with van der Waals surface area (Å²) in [6.45, 7) is 1.72. The van der Waals surface area contributed by atoms with Crippen molar-refractivity contribution in [2.75, 3.05) is 25.1 Å². The summed E-state index contributed by atoms with van der Waals surface area (Å²) in [5.41, 5.74) is 4.95. The number of benzene rings is 3. The maximum atomic E-state index is 13.3. The van der Waals surface area contributed by atoms with Crippen LogP contribution in [-0.2, 0) is 28.7 Å². The van der Waals surface area contributed by atoms with Gasteiger partial charge in [0.15, 0.2) is 6.61 Å². The molecule has 0 aromatic heterocycles. The van der Waals surface area contributed by atoms with Crippen molar-refractivity contribution in [1.29, 1.82) is 0 Å². The standard InChI is InChI=1S/C32H33N3O7/c1-2-3-18-41-31(39)24-14-16-26(17-15-24)33-27(36)21-42-32(40)25-19-28(37)35(20-25)34-30(38)29(22-10-6-4-7-11-22)23-12-8-5-9-13-23/h4-17,25,29H,2-3,18-21H2,1H3,(H,33,36)(H,34,38)/t25-/m1/s1. The lowest BCUT2D eigenvalue weighted by atomic mass is 9.91. The van der Waals surface area contributed by atoms with Gasteiger partial charge in [-0.05, 0) is 41.8 Å². The molecule has 218 valence electrons. The fourth-order valence-corrected chi connectivity index (χ4v) is 4.49. The number of carbonyl (C=O) groups is 5. The summed E-state index contributed by atoms with van der Waals surface area (Å²) in [6.07, 6.45) is 1.54. The van der Waals surface area contributed by atoms with E-state index in [0.717, 1.165) is 29.0 Å². The van der Waals surface area contributed by atoms with E-state index < -0.39 is 48.1 Å². The summed E-state index contributed by atoms with van der Waals surface area (Å²) < 4.78 is 10.3. The van der Waals surface area contributed by atoms with Gasteiger partial charge < -0.3 is 14.8 Å². The number of rotatable bonds is 12. The lowest BCUT2D eigenvalue weighted by Crippen LogP contribution is -2.45. The molecule has 1 fully saturated rings. The Morgan fingerprint density at radius 2 is 1.50 bits per heavy atom. The normalized spacial score (nSPS) is 14.4. The molecule has 0 bridgehead atoms. The third-order valence-corrected chi connectivity index (χ3v) is 6.71. The monoisotopic (exact) mass is 571 g/mol.